The first-order valence-corrected chi connectivity index (χ1v) is 11.5. The highest BCUT2D eigenvalue weighted by Gasteiger charge is 2.28. The van der Waals surface area contributed by atoms with E-state index < -0.39 is 0 Å². The molecule has 0 aliphatic carbocycles. The molecule has 1 aliphatic heterocycles. The third kappa shape index (κ3) is 4.28. The quantitative estimate of drug-likeness (QED) is 0.425. The number of anilines is 1. The van der Waals surface area contributed by atoms with E-state index in [1.165, 1.54) is 6.08 Å². The van der Waals surface area contributed by atoms with E-state index in [9.17, 15) is 14.7 Å². The second kappa shape index (κ2) is 9.30. The van der Waals surface area contributed by atoms with Gasteiger partial charge in [0.25, 0.3) is 5.91 Å². The molecule has 10 nitrogen and oxygen atoms in total. The van der Waals surface area contributed by atoms with Gasteiger partial charge >= 0.3 is 0 Å². The molecule has 5 rings (SSSR count). The van der Waals surface area contributed by atoms with Crippen molar-refractivity contribution in [2.75, 3.05) is 18.4 Å². The number of aliphatic hydroxyl groups excluding tert-OH is 1. The van der Waals surface area contributed by atoms with E-state index in [0.29, 0.717) is 46.7 Å². The molecule has 1 atom stereocenters. The van der Waals surface area contributed by atoms with Crippen molar-refractivity contribution in [3.8, 4) is 0 Å². The average Bonchev–Trinajstić information content (AvgIpc) is 3.35. The maximum absolute atomic E-state index is 13.1. The molecule has 4 aromatic rings. The van der Waals surface area contributed by atoms with Gasteiger partial charge in [-0.2, -0.15) is 0 Å². The number of hydrogen-bond acceptors (Lipinski definition) is 7. The Bertz CT molecular complexity index is 1440. The van der Waals surface area contributed by atoms with Crippen molar-refractivity contribution in [2.45, 2.75) is 38.8 Å². The number of benzene rings is 1. The zero-order valence-electron chi connectivity index (χ0n) is 19.4. The molecule has 1 aromatic carbocycles. The van der Waals surface area contributed by atoms with Crippen LogP contribution in [0.5, 0.6) is 0 Å². The molecule has 0 spiro atoms. The molecule has 35 heavy (non-hydrogen) atoms. The third-order valence-electron chi connectivity index (χ3n) is 6.27. The third-order valence-corrected chi connectivity index (χ3v) is 6.27. The minimum Gasteiger partial charge on any atom is -0.438 e. The van der Waals surface area contributed by atoms with Crippen LogP contribution in [0.1, 0.15) is 47.2 Å². The van der Waals surface area contributed by atoms with E-state index in [-0.39, 0.29) is 30.4 Å². The van der Waals surface area contributed by atoms with Crippen molar-refractivity contribution >= 4 is 39.9 Å². The number of aliphatic hydroxyl groups is 1. The molecule has 1 saturated heterocycles. The number of aromatic nitrogens is 4. The number of nitrogens with zero attached hydrogens (tertiary/aromatic N) is 5. The number of oxazole rings is 1. The van der Waals surface area contributed by atoms with Gasteiger partial charge < -0.3 is 19.0 Å². The van der Waals surface area contributed by atoms with Gasteiger partial charge in [-0.05, 0) is 56.5 Å². The number of likely N-dealkylation sites (tertiary alicyclic amines) is 1. The summed E-state index contributed by atoms with van der Waals surface area (Å²) in [5.74, 6) is 0.112. The first-order valence-electron chi connectivity index (χ1n) is 11.5. The van der Waals surface area contributed by atoms with Crippen molar-refractivity contribution in [2.24, 2.45) is 0 Å². The lowest BCUT2D eigenvalue weighted by molar-refractivity contribution is -0.126. The van der Waals surface area contributed by atoms with Crippen LogP contribution in [-0.4, -0.2) is 54.4 Å². The molecular weight excluding hydrogens is 448 g/mol. The van der Waals surface area contributed by atoms with Crippen LogP contribution in [-0.2, 0) is 11.4 Å². The highest BCUT2D eigenvalue weighted by Crippen LogP contribution is 2.34. The van der Waals surface area contributed by atoms with Crippen LogP contribution in [0.2, 0.25) is 0 Å². The van der Waals surface area contributed by atoms with Crippen LogP contribution in [0.15, 0.2) is 47.5 Å². The Morgan fingerprint density at radius 2 is 2.14 bits per heavy atom. The van der Waals surface area contributed by atoms with Gasteiger partial charge in [-0.1, -0.05) is 6.58 Å². The smallest absolute Gasteiger partial charge is 0.258 e. The Hall–Kier alpha value is -4.05. The first-order chi connectivity index (χ1) is 17.0. The lowest BCUT2D eigenvalue weighted by Crippen LogP contribution is -2.34. The van der Waals surface area contributed by atoms with E-state index in [1.54, 1.807) is 35.4 Å². The molecule has 0 radical (unpaired) electrons. The zero-order valence-corrected chi connectivity index (χ0v) is 19.4. The monoisotopic (exact) mass is 474 g/mol. The minimum atomic E-state index is -0.333. The SMILES string of the molecule is C=CC(=O)N1CCCCC(n2c(NC(=O)c3ccnc(C)c3)nc3ccc4oc(CO)nc4c32)C1. The number of pyridine rings is 1. The summed E-state index contributed by atoms with van der Waals surface area (Å²) in [4.78, 5) is 40.8. The number of carbonyl (C=O) groups excluding carboxylic acids is 2. The van der Waals surface area contributed by atoms with Gasteiger partial charge in [-0.3, -0.25) is 19.9 Å². The van der Waals surface area contributed by atoms with Crippen LogP contribution in [0.25, 0.3) is 22.1 Å². The van der Waals surface area contributed by atoms with Crippen molar-refractivity contribution in [3.05, 3.63) is 60.3 Å². The van der Waals surface area contributed by atoms with Gasteiger partial charge in [0.05, 0.1) is 11.6 Å². The number of carbonyl (C=O) groups is 2. The Morgan fingerprint density at radius 3 is 2.91 bits per heavy atom. The Balaban J connectivity index is 1.66. The topological polar surface area (TPSA) is 126 Å². The van der Waals surface area contributed by atoms with Crippen molar-refractivity contribution in [3.63, 3.8) is 0 Å². The molecular formula is C25H26N6O4. The van der Waals surface area contributed by atoms with E-state index in [0.717, 1.165) is 25.0 Å². The standard InChI is InChI=1S/C25H26N6O4/c1-3-21(33)30-11-5-4-6-17(13-30)31-23-18(7-8-19-22(23)28-20(14-32)35-19)27-25(31)29-24(34)16-9-10-26-15(2)12-16/h3,7-10,12,17,32H,1,4-6,11,13-14H2,2H3,(H,27,29,34). The minimum absolute atomic E-state index is 0.131. The molecule has 1 aliphatic rings. The highest BCUT2D eigenvalue weighted by molar-refractivity contribution is 6.06. The number of nitrogens with one attached hydrogen (secondary N) is 1. The molecule has 4 heterocycles. The van der Waals surface area contributed by atoms with Crippen LogP contribution >= 0.6 is 0 Å². The summed E-state index contributed by atoms with van der Waals surface area (Å²) >= 11 is 0. The summed E-state index contributed by atoms with van der Waals surface area (Å²) in [6.07, 6.45) is 5.47. The molecule has 0 bridgehead atoms. The second-order valence-corrected chi connectivity index (χ2v) is 8.63. The molecule has 0 saturated carbocycles. The van der Waals surface area contributed by atoms with E-state index in [1.807, 2.05) is 11.5 Å². The summed E-state index contributed by atoms with van der Waals surface area (Å²) in [5, 5.41) is 12.5. The fraction of sp³-hybridized carbons (Fsp3) is 0.320. The number of hydrogen-bond donors (Lipinski definition) is 2. The largest absolute Gasteiger partial charge is 0.438 e. The van der Waals surface area contributed by atoms with Crippen LogP contribution in [0, 0.1) is 6.92 Å². The van der Waals surface area contributed by atoms with Crippen LogP contribution in [0.3, 0.4) is 0 Å². The van der Waals surface area contributed by atoms with Gasteiger partial charge in [-0.15, -0.1) is 0 Å². The predicted octanol–water partition coefficient (Wildman–Crippen LogP) is 3.37. The van der Waals surface area contributed by atoms with Gasteiger partial charge in [0.2, 0.25) is 17.7 Å². The van der Waals surface area contributed by atoms with E-state index in [2.05, 4.69) is 21.9 Å². The molecule has 2 N–H and O–H groups in total. The molecule has 180 valence electrons. The van der Waals surface area contributed by atoms with Gasteiger partial charge in [-0.25, -0.2) is 9.97 Å². The van der Waals surface area contributed by atoms with Gasteiger partial charge in [0.1, 0.15) is 17.6 Å². The first kappa shape index (κ1) is 22.7. The normalized spacial score (nSPS) is 16.4. The maximum atomic E-state index is 13.1. The van der Waals surface area contributed by atoms with Gasteiger partial charge in [0, 0.05) is 30.5 Å². The fourth-order valence-electron chi connectivity index (χ4n) is 4.65. The second-order valence-electron chi connectivity index (χ2n) is 8.63. The van der Waals surface area contributed by atoms with Crippen LogP contribution < -0.4 is 5.32 Å². The summed E-state index contributed by atoms with van der Waals surface area (Å²) in [5.41, 5.74) is 3.57. The predicted molar refractivity (Wildman–Crippen MR) is 130 cm³/mol. The maximum Gasteiger partial charge on any atom is 0.258 e. The Morgan fingerprint density at radius 1 is 1.29 bits per heavy atom. The molecule has 10 heteroatoms. The molecule has 3 aromatic heterocycles. The van der Waals surface area contributed by atoms with Crippen molar-refractivity contribution in [1.29, 1.82) is 0 Å². The summed E-state index contributed by atoms with van der Waals surface area (Å²) < 4.78 is 7.61. The van der Waals surface area contributed by atoms with Crippen LogP contribution in [0.4, 0.5) is 5.95 Å². The van der Waals surface area contributed by atoms with Gasteiger partial charge in [0.15, 0.2) is 5.58 Å². The summed E-state index contributed by atoms with van der Waals surface area (Å²) in [6.45, 7) is 6.20. The van der Waals surface area contributed by atoms with E-state index >= 15 is 0 Å². The Labute approximate surface area is 201 Å². The zero-order chi connectivity index (χ0) is 24.5. The number of amides is 2. The fourth-order valence-corrected chi connectivity index (χ4v) is 4.65. The lowest BCUT2D eigenvalue weighted by atomic mass is 10.1. The molecule has 2 amide bonds. The number of fused-ring (bicyclic) bond motifs is 3. The highest BCUT2D eigenvalue weighted by atomic mass is 16.4. The number of imidazole rings is 1. The van der Waals surface area contributed by atoms with Crippen molar-refractivity contribution < 1.29 is 19.1 Å². The number of rotatable bonds is 5. The molecule has 1 unspecified atom stereocenters. The number of aryl methyl sites for hydroxylation is 1. The summed E-state index contributed by atoms with van der Waals surface area (Å²) in [7, 11) is 0. The summed E-state index contributed by atoms with van der Waals surface area (Å²) in [6, 6.07) is 6.74. The lowest BCUT2D eigenvalue weighted by Gasteiger charge is -2.26. The average molecular weight is 475 g/mol. The van der Waals surface area contributed by atoms with Crippen molar-refractivity contribution in [1.82, 2.24) is 24.4 Å². The Kier molecular flexibility index (Phi) is 6.04. The molecule has 1 fully saturated rings. The van der Waals surface area contributed by atoms with E-state index in [4.69, 9.17) is 9.40 Å².